The number of nitrogens with zero attached hydrogens (tertiary/aromatic N) is 1. The molecule has 0 unspecified atom stereocenters. The summed E-state index contributed by atoms with van der Waals surface area (Å²) in [6.45, 7) is 2.15. The zero-order chi connectivity index (χ0) is 18.4. The van der Waals surface area contributed by atoms with Crippen molar-refractivity contribution in [2.75, 3.05) is 27.3 Å². The van der Waals surface area contributed by atoms with Crippen LogP contribution in [0.15, 0.2) is 18.2 Å². The first-order valence-electron chi connectivity index (χ1n) is 7.95. The number of esters is 1. The van der Waals surface area contributed by atoms with Crippen LogP contribution in [0.3, 0.4) is 0 Å². The molecule has 0 aliphatic carbocycles. The van der Waals surface area contributed by atoms with Gasteiger partial charge in [-0.3, -0.25) is 14.5 Å². The number of imide groups is 1. The lowest BCUT2D eigenvalue weighted by atomic mass is 10.1. The van der Waals surface area contributed by atoms with Crippen LogP contribution in [-0.4, -0.2) is 56.2 Å². The Bertz CT molecular complexity index is 638. The number of hydrogen-bond donors (Lipinski definition) is 1. The molecule has 1 saturated heterocycles. The van der Waals surface area contributed by atoms with Crippen LogP contribution in [0, 0.1) is 0 Å². The van der Waals surface area contributed by atoms with E-state index < -0.39 is 24.0 Å². The number of amides is 3. The van der Waals surface area contributed by atoms with Gasteiger partial charge in [0.25, 0.3) is 5.91 Å². The van der Waals surface area contributed by atoms with Crippen LogP contribution < -0.4 is 14.8 Å². The van der Waals surface area contributed by atoms with Gasteiger partial charge in [0.1, 0.15) is 11.5 Å². The summed E-state index contributed by atoms with van der Waals surface area (Å²) in [5.41, 5.74) is 0.853. The third kappa shape index (κ3) is 4.85. The fourth-order valence-electron chi connectivity index (χ4n) is 2.46. The zero-order valence-electron chi connectivity index (χ0n) is 14.5. The van der Waals surface area contributed by atoms with Crippen LogP contribution in [0.1, 0.15) is 18.9 Å². The van der Waals surface area contributed by atoms with Crippen LogP contribution in [0.4, 0.5) is 4.79 Å². The van der Waals surface area contributed by atoms with Crippen molar-refractivity contribution in [3.05, 3.63) is 23.8 Å². The van der Waals surface area contributed by atoms with E-state index in [2.05, 4.69) is 5.32 Å². The molecule has 1 atom stereocenters. The maximum absolute atomic E-state index is 12.1. The Morgan fingerprint density at radius 1 is 1.20 bits per heavy atom. The van der Waals surface area contributed by atoms with Gasteiger partial charge < -0.3 is 19.5 Å². The van der Waals surface area contributed by atoms with Crippen molar-refractivity contribution < 1.29 is 28.6 Å². The minimum Gasteiger partial charge on any atom is -0.497 e. The van der Waals surface area contributed by atoms with E-state index in [-0.39, 0.29) is 13.0 Å². The number of benzene rings is 1. The van der Waals surface area contributed by atoms with Gasteiger partial charge in [0.2, 0.25) is 0 Å². The molecule has 1 fully saturated rings. The highest BCUT2D eigenvalue weighted by Crippen LogP contribution is 2.23. The molecule has 1 heterocycles. The number of rotatable bonds is 7. The smallest absolute Gasteiger partial charge is 0.324 e. The Morgan fingerprint density at radius 3 is 2.36 bits per heavy atom. The maximum atomic E-state index is 12.1. The Balaban J connectivity index is 1.88. The van der Waals surface area contributed by atoms with Gasteiger partial charge in [0.15, 0.2) is 6.10 Å². The van der Waals surface area contributed by atoms with Crippen molar-refractivity contribution in [2.24, 2.45) is 0 Å². The lowest BCUT2D eigenvalue weighted by Gasteiger charge is -2.18. The monoisotopic (exact) mass is 350 g/mol. The normalized spacial score (nSPS) is 14.7. The van der Waals surface area contributed by atoms with Crippen LogP contribution in [0.2, 0.25) is 0 Å². The summed E-state index contributed by atoms with van der Waals surface area (Å²) in [4.78, 5) is 36.6. The van der Waals surface area contributed by atoms with E-state index in [1.807, 2.05) is 0 Å². The molecular weight excluding hydrogens is 328 g/mol. The Kier molecular flexibility index (Phi) is 6.21. The van der Waals surface area contributed by atoms with E-state index in [1.165, 1.54) is 6.92 Å². The van der Waals surface area contributed by atoms with Gasteiger partial charge in [-0.2, -0.15) is 0 Å². The third-order valence-corrected chi connectivity index (χ3v) is 3.81. The average Bonchev–Trinajstić information content (AvgIpc) is 3.04. The lowest BCUT2D eigenvalue weighted by molar-refractivity contribution is -0.157. The maximum Gasteiger partial charge on any atom is 0.324 e. The SMILES string of the molecule is COc1cc(CCC(=O)O[C@@H](C)C(=O)N2CCNC2=O)cc(OC)c1. The van der Waals surface area contributed by atoms with E-state index in [0.717, 1.165) is 10.5 Å². The number of nitrogens with one attached hydrogen (secondary N) is 1. The number of carbonyl (C=O) groups excluding carboxylic acids is 3. The van der Waals surface area contributed by atoms with E-state index in [9.17, 15) is 14.4 Å². The van der Waals surface area contributed by atoms with Gasteiger partial charge in [-0.15, -0.1) is 0 Å². The molecule has 2 rings (SSSR count). The van der Waals surface area contributed by atoms with Gasteiger partial charge in [0.05, 0.1) is 14.2 Å². The van der Waals surface area contributed by atoms with Gasteiger partial charge in [-0.1, -0.05) is 0 Å². The molecule has 0 spiro atoms. The molecule has 0 aromatic heterocycles. The van der Waals surface area contributed by atoms with Crippen LogP contribution in [0.25, 0.3) is 0 Å². The molecule has 3 amide bonds. The molecule has 1 aliphatic heterocycles. The Hall–Kier alpha value is -2.77. The first-order valence-corrected chi connectivity index (χ1v) is 7.95. The second-order valence-corrected chi connectivity index (χ2v) is 5.57. The summed E-state index contributed by atoms with van der Waals surface area (Å²) in [6.07, 6.45) is -0.492. The predicted molar refractivity (Wildman–Crippen MR) is 88.5 cm³/mol. The van der Waals surface area contributed by atoms with E-state index in [1.54, 1.807) is 32.4 Å². The lowest BCUT2D eigenvalue weighted by Crippen LogP contribution is -2.41. The highest BCUT2D eigenvalue weighted by molar-refractivity contribution is 5.98. The van der Waals surface area contributed by atoms with Gasteiger partial charge >= 0.3 is 12.0 Å². The van der Waals surface area contributed by atoms with E-state index in [0.29, 0.717) is 24.5 Å². The number of urea groups is 1. The number of ether oxygens (including phenoxy) is 3. The Morgan fingerprint density at radius 2 is 1.84 bits per heavy atom. The second kappa shape index (κ2) is 8.36. The van der Waals surface area contributed by atoms with Crippen LogP contribution in [0.5, 0.6) is 11.5 Å². The average molecular weight is 350 g/mol. The molecule has 8 heteroatoms. The Labute approximate surface area is 146 Å². The second-order valence-electron chi connectivity index (χ2n) is 5.57. The van der Waals surface area contributed by atoms with Crippen molar-refractivity contribution in [3.63, 3.8) is 0 Å². The third-order valence-electron chi connectivity index (χ3n) is 3.81. The number of carbonyl (C=O) groups is 3. The van der Waals surface area contributed by atoms with E-state index in [4.69, 9.17) is 14.2 Å². The topological polar surface area (TPSA) is 94.2 Å². The molecule has 0 bridgehead atoms. The van der Waals surface area contributed by atoms with Crippen LogP contribution >= 0.6 is 0 Å². The number of aryl methyl sites for hydroxylation is 1. The van der Waals surface area contributed by atoms with Crippen molar-refractivity contribution in [1.29, 1.82) is 0 Å². The summed E-state index contributed by atoms with van der Waals surface area (Å²) in [5.74, 6) is 0.228. The molecule has 1 aliphatic rings. The predicted octanol–water partition coefficient (Wildman–Crippen LogP) is 1.12. The van der Waals surface area contributed by atoms with Crippen molar-refractivity contribution in [2.45, 2.75) is 25.9 Å². The van der Waals surface area contributed by atoms with Crippen molar-refractivity contribution >= 4 is 17.9 Å². The quantitative estimate of drug-likeness (QED) is 0.741. The van der Waals surface area contributed by atoms with Crippen LogP contribution in [-0.2, 0) is 20.7 Å². The molecule has 1 aromatic rings. The molecule has 8 nitrogen and oxygen atoms in total. The summed E-state index contributed by atoms with van der Waals surface area (Å²) >= 11 is 0. The van der Waals surface area contributed by atoms with Crippen molar-refractivity contribution in [1.82, 2.24) is 10.2 Å². The minimum absolute atomic E-state index is 0.0974. The summed E-state index contributed by atoms with van der Waals surface area (Å²) in [7, 11) is 3.10. The number of hydrogen-bond acceptors (Lipinski definition) is 6. The minimum atomic E-state index is -1.00. The molecular formula is C17H22N2O6. The number of methoxy groups -OCH3 is 2. The van der Waals surface area contributed by atoms with Gasteiger partial charge in [-0.25, -0.2) is 4.79 Å². The summed E-state index contributed by atoms with van der Waals surface area (Å²) in [6, 6.07) is 4.89. The summed E-state index contributed by atoms with van der Waals surface area (Å²) in [5, 5.41) is 2.53. The molecule has 25 heavy (non-hydrogen) atoms. The zero-order valence-corrected chi connectivity index (χ0v) is 14.5. The largest absolute Gasteiger partial charge is 0.497 e. The van der Waals surface area contributed by atoms with Gasteiger partial charge in [-0.05, 0) is 31.0 Å². The molecule has 1 N–H and O–H groups in total. The molecule has 136 valence electrons. The van der Waals surface area contributed by atoms with E-state index >= 15 is 0 Å². The highest BCUT2D eigenvalue weighted by Gasteiger charge is 2.31. The first kappa shape index (κ1) is 18.6. The fraction of sp³-hybridized carbons (Fsp3) is 0.471. The van der Waals surface area contributed by atoms with Crippen molar-refractivity contribution in [3.8, 4) is 11.5 Å². The fourth-order valence-corrected chi connectivity index (χ4v) is 2.46. The molecule has 0 radical (unpaired) electrons. The molecule has 0 saturated carbocycles. The van der Waals surface area contributed by atoms with Gasteiger partial charge in [0, 0.05) is 25.6 Å². The first-order chi connectivity index (χ1) is 11.9. The highest BCUT2D eigenvalue weighted by atomic mass is 16.5. The summed E-state index contributed by atoms with van der Waals surface area (Å²) < 4.78 is 15.5. The standard InChI is InChI=1S/C17H22N2O6/c1-11(16(21)19-7-6-18-17(19)22)25-15(20)5-4-12-8-13(23-2)10-14(9-12)24-3/h8-11H,4-7H2,1-3H3,(H,18,22)/t11-/m0/s1. The molecule has 1 aromatic carbocycles.